The van der Waals surface area contributed by atoms with Crippen molar-refractivity contribution in [3.05, 3.63) is 42.0 Å². The molecule has 2 atom stereocenters. The third-order valence-corrected chi connectivity index (χ3v) is 9.30. The molecule has 0 radical (unpaired) electrons. The summed E-state index contributed by atoms with van der Waals surface area (Å²) < 4.78 is 44.3. The first-order valence-electron chi connectivity index (χ1n) is 23.1. The molecule has 1 aromatic rings. The van der Waals surface area contributed by atoms with Gasteiger partial charge in [0.1, 0.15) is 25.2 Å². The van der Waals surface area contributed by atoms with Crippen molar-refractivity contribution in [2.45, 2.75) is 71.1 Å². The maximum Gasteiger partial charge on any atom is 0.411 e. The van der Waals surface area contributed by atoms with Crippen LogP contribution in [0, 0.1) is 0 Å². The number of amides is 7. The first kappa shape index (κ1) is 59.1. The first-order chi connectivity index (χ1) is 32.5. The molecule has 0 unspecified atom stereocenters. The summed E-state index contributed by atoms with van der Waals surface area (Å²) in [5.41, 5.74) is 1.85. The lowest BCUT2D eigenvalue weighted by molar-refractivity contribution is -0.884. The van der Waals surface area contributed by atoms with Gasteiger partial charge in [0.2, 0.25) is 23.6 Å². The van der Waals surface area contributed by atoms with E-state index < -0.39 is 47.7 Å². The highest BCUT2D eigenvalue weighted by atomic mass is 16.6. The lowest BCUT2D eigenvalue weighted by Gasteiger charge is -2.23. The summed E-state index contributed by atoms with van der Waals surface area (Å²) in [5, 5.41) is 13.3. The fourth-order valence-electron chi connectivity index (χ4n) is 6.01. The van der Waals surface area contributed by atoms with Crippen molar-refractivity contribution in [1.29, 1.82) is 0 Å². The fraction of sp³-hybridized carbons (Fsp3) is 0.674. The summed E-state index contributed by atoms with van der Waals surface area (Å²) in [4.78, 5) is 87.2. The first-order valence-corrected chi connectivity index (χ1v) is 23.1. The van der Waals surface area contributed by atoms with Crippen LogP contribution in [0.2, 0.25) is 0 Å². The van der Waals surface area contributed by atoms with Crippen LogP contribution in [0.15, 0.2) is 36.4 Å². The predicted molar refractivity (Wildman–Crippen MR) is 249 cm³/mol. The molecule has 1 aliphatic heterocycles. The number of carbonyl (C=O) groups is 7. The maximum atomic E-state index is 13.1. The van der Waals surface area contributed by atoms with Crippen LogP contribution in [-0.4, -0.2) is 202 Å². The second-order valence-corrected chi connectivity index (χ2v) is 16.9. The molecule has 1 aromatic carbocycles. The number of ether oxygens (including phenoxy) is 8. The van der Waals surface area contributed by atoms with Gasteiger partial charge in [-0.3, -0.25) is 39.0 Å². The Hall–Kier alpha value is -5.07. The number of carbonyl (C=O) groups excluding carboxylic acids is 7. The van der Waals surface area contributed by atoms with Crippen LogP contribution in [0.5, 0.6) is 0 Å². The molecular formula is C46H76N7O15+. The predicted octanol–water partition coefficient (Wildman–Crippen LogP) is 0.673. The summed E-state index contributed by atoms with van der Waals surface area (Å²) in [6.45, 7) is 11.4. The number of rotatable bonds is 39. The molecule has 68 heavy (non-hydrogen) atoms. The van der Waals surface area contributed by atoms with Crippen LogP contribution < -0.4 is 26.6 Å². The van der Waals surface area contributed by atoms with Gasteiger partial charge in [-0.1, -0.05) is 12.1 Å². The zero-order chi connectivity index (χ0) is 50.0. The topological polar surface area (TPSA) is 257 Å². The third kappa shape index (κ3) is 29.6. The Balaban J connectivity index is 1.39. The van der Waals surface area contributed by atoms with Gasteiger partial charge in [0.25, 0.3) is 11.8 Å². The molecule has 0 bridgehead atoms. The van der Waals surface area contributed by atoms with Gasteiger partial charge in [-0.05, 0) is 45.7 Å². The van der Waals surface area contributed by atoms with Crippen LogP contribution in [0.1, 0.15) is 52.0 Å². The lowest BCUT2D eigenvalue weighted by Crippen LogP contribution is -2.53. The molecule has 22 heteroatoms. The number of hydrogen-bond donors (Lipinski definition) is 5. The van der Waals surface area contributed by atoms with Gasteiger partial charge in [-0.2, -0.15) is 0 Å². The van der Waals surface area contributed by atoms with Crippen molar-refractivity contribution in [2.24, 2.45) is 0 Å². The van der Waals surface area contributed by atoms with Gasteiger partial charge in [0.15, 0.2) is 0 Å². The van der Waals surface area contributed by atoms with E-state index in [9.17, 15) is 33.6 Å². The lowest BCUT2D eigenvalue weighted by atomic mass is 10.1. The molecule has 22 nitrogen and oxygen atoms in total. The summed E-state index contributed by atoms with van der Waals surface area (Å²) >= 11 is 0. The van der Waals surface area contributed by atoms with Gasteiger partial charge in [-0.25, -0.2) is 4.79 Å². The third-order valence-electron chi connectivity index (χ3n) is 9.30. The fourth-order valence-corrected chi connectivity index (χ4v) is 6.01. The minimum absolute atomic E-state index is 0.0406. The quantitative estimate of drug-likeness (QED) is 0.0346. The molecule has 2 rings (SSSR count). The van der Waals surface area contributed by atoms with Crippen LogP contribution in [0.25, 0.3) is 0 Å². The maximum absolute atomic E-state index is 13.1. The molecule has 0 fully saturated rings. The number of nitrogens with zero attached hydrogens (tertiary/aromatic N) is 2. The monoisotopic (exact) mass is 967 g/mol. The Kier molecular flexibility index (Phi) is 30.5. The van der Waals surface area contributed by atoms with E-state index >= 15 is 0 Å². The molecule has 7 amide bonds. The summed E-state index contributed by atoms with van der Waals surface area (Å²) in [6, 6.07) is 5.53. The molecule has 384 valence electrons. The summed E-state index contributed by atoms with van der Waals surface area (Å²) in [5.74, 6) is -2.82. The van der Waals surface area contributed by atoms with E-state index in [2.05, 4.69) is 47.7 Å². The van der Waals surface area contributed by atoms with E-state index in [4.69, 9.17) is 37.9 Å². The molecule has 0 saturated carbocycles. The van der Waals surface area contributed by atoms with E-state index in [0.29, 0.717) is 85.0 Å². The van der Waals surface area contributed by atoms with E-state index in [1.54, 1.807) is 13.8 Å². The molecule has 1 aliphatic rings. The smallest absolute Gasteiger partial charge is 0.411 e. The molecule has 0 aromatic heterocycles. The molecular weight excluding hydrogens is 891 g/mol. The Morgan fingerprint density at radius 2 is 1.07 bits per heavy atom. The van der Waals surface area contributed by atoms with E-state index in [1.807, 2.05) is 24.3 Å². The van der Waals surface area contributed by atoms with E-state index in [1.165, 1.54) is 12.5 Å². The zero-order valence-corrected chi connectivity index (χ0v) is 40.8. The number of benzene rings is 1. The van der Waals surface area contributed by atoms with Crippen molar-refractivity contribution in [1.82, 2.24) is 26.2 Å². The average Bonchev–Trinajstić information content (AvgIpc) is 3.60. The highest BCUT2D eigenvalue weighted by molar-refractivity contribution is 6.12. The van der Waals surface area contributed by atoms with Gasteiger partial charge in [-0.15, -0.1) is 0 Å². The number of quaternary nitrogens is 1. The largest absolute Gasteiger partial charge is 0.447 e. The zero-order valence-electron chi connectivity index (χ0n) is 40.8. The van der Waals surface area contributed by atoms with Crippen LogP contribution in [-0.2, 0) is 73.2 Å². The Morgan fingerprint density at radius 3 is 1.56 bits per heavy atom. The average molecular weight is 967 g/mol. The van der Waals surface area contributed by atoms with E-state index in [0.717, 1.165) is 28.1 Å². The van der Waals surface area contributed by atoms with Crippen molar-refractivity contribution in [3.8, 4) is 0 Å². The highest BCUT2D eigenvalue weighted by Gasteiger charge is 2.27. The molecule has 1 heterocycles. The normalized spacial score (nSPS) is 13.4. The number of imide groups is 1. The Labute approximate surface area is 400 Å². The summed E-state index contributed by atoms with van der Waals surface area (Å²) in [7, 11) is 6.36. The van der Waals surface area contributed by atoms with Gasteiger partial charge in [0.05, 0.1) is 114 Å². The Bertz CT molecular complexity index is 1670. The molecule has 0 saturated heterocycles. The molecule has 5 N–H and O–H groups in total. The minimum Gasteiger partial charge on any atom is -0.447 e. The number of anilines is 1. The van der Waals surface area contributed by atoms with Gasteiger partial charge >= 0.3 is 6.09 Å². The molecule has 0 aliphatic carbocycles. The van der Waals surface area contributed by atoms with Crippen molar-refractivity contribution in [3.63, 3.8) is 0 Å². The van der Waals surface area contributed by atoms with Crippen molar-refractivity contribution >= 4 is 47.2 Å². The number of hydrogen-bond acceptors (Lipinski definition) is 15. The second-order valence-electron chi connectivity index (χ2n) is 16.9. The van der Waals surface area contributed by atoms with E-state index in [-0.39, 0.29) is 70.5 Å². The van der Waals surface area contributed by atoms with Crippen LogP contribution in [0.3, 0.4) is 0 Å². The van der Waals surface area contributed by atoms with Crippen molar-refractivity contribution in [2.75, 3.05) is 139 Å². The minimum atomic E-state index is -1.11. The number of nitrogens with one attached hydrogen (secondary N) is 5. The molecule has 0 spiro atoms. The van der Waals surface area contributed by atoms with Crippen molar-refractivity contribution < 1.29 is 75.9 Å². The standard InChI is InChI=1S/C46H75N7O15/c1-35(2)48-44(58)36(3)49-45(59)39(51-41(55)8-7-18-52-42(56)15-16-43(52)57)13-14-40(54)47-17-19-61-20-21-62-22-23-63-24-25-64-26-27-65-28-29-66-30-31-67-32-33-68-46(60)50-38-11-9-37(10-12-38)34-53(4,5)6/h9-12,15-16,35-36,39H,7-8,13-14,17-34H2,1-6H3,(H4-,47,48,49,50,51,54,55,58,59,60)/p+1/t36-,39-/m0/s1. The van der Waals surface area contributed by atoms with Crippen LogP contribution in [0.4, 0.5) is 10.5 Å². The summed E-state index contributed by atoms with van der Waals surface area (Å²) in [6.07, 6.45) is 1.74. The van der Waals surface area contributed by atoms with Crippen LogP contribution >= 0.6 is 0 Å². The van der Waals surface area contributed by atoms with Gasteiger partial charge in [0, 0.05) is 55.4 Å². The second kappa shape index (κ2) is 35.1. The van der Waals surface area contributed by atoms with Gasteiger partial charge < -0.3 is 63.6 Å². The SMILES string of the molecule is CC(C)NC(=O)[C@H](C)NC(=O)[C@H](CCC(=O)NCCOCCOCCOCCOCCOCCOCCOCCOC(=O)Nc1ccc(C[N+](C)(C)C)cc1)NC(=O)CCCN1C(=O)C=CC1=O. The highest BCUT2D eigenvalue weighted by Crippen LogP contribution is 2.13. The Morgan fingerprint density at radius 1 is 0.588 bits per heavy atom.